The van der Waals surface area contributed by atoms with Crippen LogP contribution >= 0.6 is 0 Å². The Morgan fingerprint density at radius 3 is 2.65 bits per heavy atom. The Labute approximate surface area is 154 Å². The van der Waals surface area contributed by atoms with Crippen molar-refractivity contribution in [1.29, 1.82) is 0 Å². The first-order valence-electron chi connectivity index (χ1n) is 8.58. The first-order valence-corrected chi connectivity index (χ1v) is 10.1. The van der Waals surface area contributed by atoms with Crippen molar-refractivity contribution >= 4 is 21.6 Å². The Kier molecular flexibility index (Phi) is 6.93. The first kappa shape index (κ1) is 20.1. The molecule has 2 aromatic rings. The van der Waals surface area contributed by atoms with Gasteiger partial charge in [-0.05, 0) is 57.4 Å². The number of rotatable bonds is 9. The molecule has 0 aliphatic carbocycles. The van der Waals surface area contributed by atoms with Crippen molar-refractivity contribution in [2.45, 2.75) is 45.3 Å². The monoisotopic (exact) mass is 379 g/mol. The molecule has 2 N–H and O–H groups in total. The van der Waals surface area contributed by atoms with Gasteiger partial charge in [-0.25, -0.2) is 18.1 Å². The molecule has 0 aliphatic rings. The quantitative estimate of drug-likeness (QED) is 0.652. The highest BCUT2D eigenvalue weighted by Gasteiger charge is 2.14. The number of aromatic nitrogens is 1. The van der Waals surface area contributed by atoms with Crippen molar-refractivity contribution < 1.29 is 17.6 Å². The lowest BCUT2D eigenvalue weighted by Gasteiger charge is -2.10. The topological polar surface area (TPSA) is 101 Å². The highest BCUT2D eigenvalue weighted by Crippen LogP contribution is 2.23. The van der Waals surface area contributed by atoms with E-state index in [1.54, 1.807) is 20.0 Å². The fraction of sp³-hybridized carbons (Fsp3) is 0.444. The second kappa shape index (κ2) is 8.95. The third-order valence-corrected chi connectivity index (χ3v) is 5.78. The van der Waals surface area contributed by atoms with Gasteiger partial charge in [-0.15, -0.1) is 0 Å². The van der Waals surface area contributed by atoms with Gasteiger partial charge in [-0.1, -0.05) is 0 Å². The molecular formula is C18H25N3O4S. The number of anilines is 1. The van der Waals surface area contributed by atoms with E-state index in [9.17, 15) is 13.2 Å². The molecule has 0 unspecified atom stereocenters. The zero-order chi connectivity index (χ0) is 19.2. The molecule has 7 nitrogen and oxygen atoms in total. The number of hydrogen-bond donors (Lipinski definition) is 2. The predicted molar refractivity (Wildman–Crippen MR) is 101 cm³/mol. The average Bonchev–Trinajstić information content (AvgIpc) is 3.10. The summed E-state index contributed by atoms with van der Waals surface area (Å²) in [6.07, 6.45) is 4.66. The number of benzene rings is 1. The van der Waals surface area contributed by atoms with Crippen molar-refractivity contribution in [3.63, 3.8) is 0 Å². The van der Waals surface area contributed by atoms with Gasteiger partial charge >= 0.3 is 0 Å². The van der Waals surface area contributed by atoms with E-state index in [0.717, 1.165) is 16.8 Å². The number of oxazole rings is 1. The van der Waals surface area contributed by atoms with Crippen LogP contribution < -0.4 is 10.0 Å². The minimum atomic E-state index is -3.24. The summed E-state index contributed by atoms with van der Waals surface area (Å²) in [6, 6.07) is 5.57. The predicted octanol–water partition coefficient (Wildman–Crippen LogP) is 3.09. The molecule has 26 heavy (non-hydrogen) atoms. The molecule has 8 heteroatoms. The maximum atomic E-state index is 12.1. The molecule has 142 valence electrons. The number of carbonyl (C=O) groups excluding carboxylic acids is 1. The van der Waals surface area contributed by atoms with Crippen molar-refractivity contribution in [2.75, 3.05) is 11.9 Å². The fourth-order valence-electron chi connectivity index (χ4n) is 2.31. The van der Waals surface area contributed by atoms with Crippen LogP contribution in [0.25, 0.3) is 11.5 Å². The molecule has 0 radical (unpaired) electrons. The molecule has 0 saturated heterocycles. The number of hydrogen-bond acceptors (Lipinski definition) is 5. The van der Waals surface area contributed by atoms with Crippen LogP contribution in [0.15, 0.2) is 35.1 Å². The van der Waals surface area contributed by atoms with Gasteiger partial charge < -0.3 is 9.73 Å². The molecule has 2 rings (SSSR count). The minimum absolute atomic E-state index is 0.0938. The van der Waals surface area contributed by atoms with Crippen LogP contribution in [0.1, 0.15) is 38.7 Å². The normalized spacial score (nSPS) is 11.7. The van der Waals surface area contributed by atoms with Gasteiger partial charge in [-0.3, -0.25) is 4.79 Å². The molecule has 0 bridgehead atoms. The Balaban J connectivity index is 1.78. The summed E-state index contributed by atoms with van der Waals surface area (Å²) < 4.78 is 31.0. The van der Waals surface area contributed by atoms with E-state index in [1.165, 1.54) is 6.26 Å². The summed E-state index contributed by atoms with van der Waals surface area (Å²) in [5.74, 6) is 0.443. The molecule has 0 atom stereocenters. The van der Waals surface area contributed by atoms with Crippen LogP contribution in [0.2, 0.25) is 0 Å². The number of unbranched alkanes of at least 4 members (excludes halogenated alkanes) is 1. The number of aryl methyl sites for hydroxylation is 1. The van der Waals surface area contributed by atoms with Crippen molar-refractivity contribution in [3.8, 4) is 11.5 Å². The van der Waals surface area contributed by atoms with Crippen LogP contribution in [-0.4, -0.2) is 31.1 Å². The second-order valence-corrected chi connectivity index (χ2v) is 8.68. The van der Waals surface area contributed by atoms with E-state index < -0.39 is 15.3 Å². The lowest BCUT2D eigenvalue weighted by Crippen LogP contribution is -2.31. The van der Waals surface area contributed by atoms with Gasteiger partial charge in [0.25, 0.3) is 0 Å². The SMILES string of the molecule is Cc1cc(-c2ncco2)ccc1NC(=O)CCCCNS(=O)(=O)C(C)C. The lowest BCUT2D eigenvalue weighted by molar-refractivity contribution is -0.116. The summed E-state index contributed by atoms with van der Waals surface area (Å²) in [5.41, 5.74) is 2.51. The van der Waals surface area contributed by atoms with Gasteiger partial charge in [0.1, 0.15) is 6.26 Å². The molecule has 1 amide bonds. The Bertz CT molecular complexity index is 830. The third kappa shape index (κ3) is 5.67. The van der Waals surface area contributed by atoms with Crippen molar-refractivity contribution in [3.05, 3.63) is 36.2 Å². The number of carbonyl (C=O) groups is 1. The standard InChI is InChI=1S/C18H25N3O4S/c1-13(2)26(23,24)20-9-5-4-6-17(22)21-16-8-7-15(12-14(16)3)18-19-10-11-25-18/h7-8,10-13,20H,4-6,9H2,1-3H3,(H,21,22). The average molecular weight is 379 g/mol. The zero-order valence-corrected chi connectivity index (χ0v) is 16.1. The smallest absolute Gasteiger partial charge is 0.225 e. The van der Waals surface area contributed by atoms with E-state index in [4.69, 9.17) is 4.42 Å². The summed E-state index contributed by atoms with van der Waals surface area (Å²) >= 11 is 0. The molecule has 0 fully saturated rings. The summed E-state index contributed by atoms with van der Waals surface area (Å²) in [6.45, 7) is 5.51. The van der Waals surface area contributed by atoms with Gasteiger partial charge in [-0.2, -0.15) is 0 Å². The third-order valence-electron chi connectivity index (χ3n) is 3.93. The fourth-order valence-corrected chi connectivity index (χ4v) is 3.07. The van der Waals surface area contributed by atoms with Gasteiger partial charge in [0.2, 0.25) is 21.8 Å². The number of nitrogens with zero attached hydrogens (tertiary/aromatic N) is 1. The van der Waals surface area contributed by atoms with Crippen molar-refractivity contribution in [2.24, 2.45) is 0 Å². The van der Waals surface area contributed by atoms with Gasteiger partial charge in [0.05, 0.1) is 11.4 Å². The summed E-state index contributed by atoms with van der Waals surface area (Å²) in [4.78, 5) is 16.2. The van der Waals surface area contributed by atoms with E-state index >= 15 is 0 Å². The van der Waals surface area contributed by atoms with Crippen LogP contribution in [0.4, 0.5) is 5.69 Å². The molecule has 1 aromatic carbocycles. The maximum Gasteiger partial charge on any atom is 0.225 e. The van der Waals surface area contributed by atoms with Crippen LogP contribution in [0, 0.1) is 6.92 Å². The number of amides is 1. The van der Waals surface area contributed by atoms with Crippen LogP contribution in [0.5, 0.6) is 0 Å². The number of nitrogens with one attached hydrogen (secondary N) is 2. The highest BCUT2D eigenvalue weighted by atomic mass is 32.2. The summed E-state index contributed by atoms with van der Waals surface area (Å²) in [7, 11) is -3.24. The number of sulfonamides is 1. The highest BCUT2D eigenvalue weighted by molar-refractivity contribution is 7.90. The molecule has 0 aliphatic heterocycles. The van der Waals surface area contributed by atoms with Gasteiger partial charge in [0.15, 0.2) is 0 Å². The Morgan fingerprint density at radius 1 is 1.27 bits per heavy atom. The Morgan fingerprint density at radius 2 is 2.04 bits per heavy atom. The maximum absolute atomic E-state index is 12.1. The van der Waals surface area contributed by atoms with E-state index in [0.29, 0.717) is 31.7 Å². The zero-order valence-electron chi connectivity index (χ0n) is 15.3. The Hall–Kier alpha value is -2.19. The summed E-state index contributed by atoms with van der Waals surface area (Å²) in [5, 5.41) is 2.43. The van der Waals surface area contributed by atoms with E-state index in [-0.39, 0.29) is 5.91 Å². The largest absolute Gasteiger partial charge is 0.445 e. The second-order valence-electron chi connectivity index (χ2n) is 6.36. The van der Waals surface area contributed by atoms with Gasteiger partial charge in [0, 0.05) is 24.2 Å². The first-order chi connectivity index (χ1) is 12.3. The minimum Gasteiger partial charge on any atom is -0.445 e. The van der Waals surface area contributed by atoms with Crippen molar-refractivity contribution in [1.82, 2.24) is 9.71 Å². The van der Waals surface area contributed by atoms with Crippen LogP contribution in [-0.2, 0) is 14.8 Å². The molecule has 0 saturated carbocycles. The molecular weight excluding hydrogens is 354 g/mol. The van der Waals surface area contributed by atoms with Crippen LogP contribution in [0.3, 0.4) is 0 Å². The molecule has 1 heterocycles. The molecule has 0 spiro atoms. The van der Waals surface area contributed by atoms with E-state index in [1.807, 2.05) is 25.1 Å². The lowest BCUT2D eigenvalue weighted by atomic mass is 10.1. The van der Waals surface area contributed by atoms with E-state index in [2.05, 4.69) is 15.0 Å². The molecule has 1 aromatic heterocycles.